The van der Waals surface area contributed by atoms with Gasteiger partial charge in [0.15, 0.2) is 6.10 Å². The van der Waals surface area contributed by atoms with E-state index in [-0.39, 0.29) is 25.9 Å². The highest BCUT2D eigenvalue weighted by atomic mass is 31.2. The Labute approximate surface area is 429 Å². The van der Waals surface area contributed by atoms with Gasteiger partial charge in [0.25, 0.3) is 0 Å². The maximum Gasteiger partial charge on any atom is 0.472 e. The smallest absolute Gasteiger partial charge is 0.462 e. The lowest BCUT2D eigenvalue weighted by Crippen LogP contribution is -2.30. The number of unbranched alkanes of at least 4 members (excludes halogenated alkanes) is 31. The highest BCUT2D eigenvalue weighted by Gasteiger charge is 2.28. The van der Waals surface area contributed by atoms with Crippen LogP contribution in [0.3, 0.4) is 0 Å². The zero-order valence-electron chi connectivity index (χ0n) is 45.2. The molecule has 0 heterocycles. The Bertz CT molecular complexity index is 1320. The highest BCUT2D eigenvalue weighted by Crippen LogP contribution is 2.43. The zero-order valence-corrected chi connectivity index (χ0v) is 46.1. The monoisotopic (exact) mass is 1010 g/mol. The Morgan fingerprint density at radius 3 is 1.14 bits per heavy atom. The zero-order chi connectivity index (χ0) is 51.3. The van der Waals surface area contributed by atoms with Crippen LogP contribution in [0.25, 0.3) is 0 Å². The van der Waals surface area contributed by atoms with Gasteiger partial charge >= 0.3 is 25.7 Å². The van der Waals surface area contributed by atoms with E-state index in [1.807, 2.05) is 0 Å². The molecular formula is C58H107O11P. The molecule has 0 bridgehead atoms. The van der Waals surface area contributed by atoms with Crippen molar-refractivity contribution in [1.82, 2.24) is 0 Å². The Hall–Kier alpha value is -2.30. The number of phosphoric ester groups is 1. The first-order chi connectivity index (χ1) is 34.2. The van der Waals surface area contributed by atoms with E-state index in [4.69, 9.17) is 23.3 Å². The first-order valence-electron chi connectivity index (χ1n) is 28.9. The van der Waals surface area contributed by atoms with E-state index in [9.17, 15) is 28.9 Å². The number of aliphatic hydroxyl groups excluding tert-OH is 1. The van der Waals surface area contributed by atoms with E-state index in [0.717, 1.165) is 77.0 Å². The van der Waals surface area contributed by atoms with Gasteiger partial charge in [-0.1, -0.05) is 243 Å². The second-order valence-corrected chi connectivity index (χ2v) is 20.9. The third kappa shape index (κ3) is 50.6. The number of carbonyl (C=O) groups is 3. The fraction of sp³-hybridized carbons (Fsp3) is 0.845. The molecule has 0 saturated carbocycles. The molecule has 0 aromatic rings. The second-order valence-electron chi connectivity index (χ2n) is 19.4. The summed E-state index contributed by atoms with van der Waals surface area (Å²) in [4.78, 5) is 48.4. The minimum Gasteiger partial charge on any atom is -0.462 e. The maximum absolute atomic E-state index is 12.9. The summed E-state index contributed by atoms with van der Waals surface area (Å²) in [5.74, 6) is -1.48. The first-order valence-corrected chi connectivity index (χ1v) is 30.4. The molecule has 0 saturated heterocycles. The summed E-state index contributed by atoms with van der Waals surface area (Å²) >= 11 is 0. The van der Waals surface area contributed by atoms with Gasteiger partial charge in [0.1, 0.15) is 12.7 Å². The quantitative estimate of drug-likeness (QED) is 0.0197. The van der Waals surface area contributed by atoms with Crippen LogP contribution in [0.1, 0.15) is 278 Å². The van der Waals surface area contributed by atoms with Crippen molar-refractivity contribution < 1.29 is 52.2 Å². The molecule has 0 fully saturated rings. The van der Waals surface area contributed by atoms with E-state index in [0.29, 0.717) is 19.3 Å². The van der Waals surface area contributed by atoms with Gasteiger partial charge in [-0.3, -0.25) is 23.4 Å². The van der Waals surface area contributed by atoms with E-state index >= 15 is 0 Å². The van der Waals surface area contributed by atoms with E-state index < -0.39 is 57.8 Å². The SMILES string of the molecule is CC/C=C\C/C=C\C/C=C\CCCCCC(=O)OCC(COP(=O)(O)OCC(CO)OC(=O)CCCCCCCCCCCCC)OC(=O)CCCCCCCCCCCCCCCCCCCCC. The first kappa shape index (κ1) is 67.7. The van der Waals surface area contributed by atoms with Gasteiger partial charge in [-0.25, -0.2) is 4.57 Å². The summed E-state index contributed by atoms with van der Waals surface area (Å²) in [6.45, 7) is 4.53. The molecule has 2 N–H and O–H groups in total. The van der Waals surface area contributed by atoms with Crippen molar-refractivity contribution in [3.05, 3.63) is 36.5 Å². The van der Waals surface area contributed by atoms with E-state index in [2.05, 4.69) is 57.2 Å². The number of aliphatic hydroxyl groups is 1. The molecule has 0 aromatic heterocycles. The summed E-state index contributed by atoms with van der Waals surface area (Å²) in [6, 6.07) is 0. The van der Waals surface area contributed by atoms with Crippen LogP contribution in [0.5, 0.6) is 0 Å². The largest absolute Gasteiger partial charge is 0.472 e. The summed E-state index contributed by atoms with van der Waals surface area (Å²) in [5, 5.41) is 9.79. The number of hydrogen-bond acceptors (Lipinski definition) is 10. The molecule has 410 valence electrons. The normalized spacial score (nSPS) is 13.6. The van der Waals surface area contributed by atoms with Crippen molar-refractivity contribution in [2.24, 2.45) is 0 Å². The minimum absolute atomic E-state index is 0.167. The van der Waals surface area contributed by atoms with Crippen molar-refractivity contribution in [3.8, 4) is 0 Å². The maximum atomic E-state index is 12.9. The molecule has 0 aliphatic carbocycles. The van der Waals surface area contributed by atoms with Gasteiger partial charge in [-0.05, 0) is 51.4 Å². The number of rotatable bonds is 54. The molecule has 3 atom stereocenters. The molecule has 0 spiro atoms. The fourth-order valence-corrected chi connectivity index (χ4v) is 8.98. The molecule has 0 aromatic carbocycles. The van der Waals surface area contributed by atoms with Gasteiger partial charge in [0.05, 0.1) is 19.8 Å². The summed E-state index contributed by atoms with van der Waals surface area (Å²) in [5.41, 5.74) is 0. The number of allylic oxidation sites excluding steroid dienone is 6. The number of phosphoric acid groups is 1. The lowest BCUT2D eigenvalue weighted by atomic mass is 10.0. The molecule has 11 nitrogen and oxygen atoms in total. The van der Waals surface area contributed by atoms with Gasteiger partial charge < -0.3 is 24.2 Å². The topological polar surface area (TPSA) is 155 Å². The minimum atomic E-state index is -4.74. The number of esters is 3. The predicted octanol–water partition coefficient (Wildman–Crippen LogP) is 16.8. The van der Waals surface area contributed by atoms with Crippen LogP contribution in [0, 0.1) is 0 Å². The van der Waals surface area contributed by atoms with E-state index in [1.54, 1.807) is 0 Å². The van der Waals surface area contributed by atoms with Crippen LogP contribution in [0.4, 0.5) is 0 Å². The van der Waals surface area contributed by atoms with Gasteiger partial charge in [0, 0.05) is 19.3 Å². The lowest BCUT2D eigenvalue weighted by Gasteiger charge is -2.21. The fourth-order valence-electron chi connectivity index (χ4n) is 8.20. The molecule has 0 radical (unpaired) electrons. The van der Waals surface area contributed by atoms with Crippen molar-refractivity contribution in [1.29, 1.82) is 0 Å². The van der Waals surface area contributed by atoms with Crippen molar-refractivity contribution in [2.75, 3.05) is 26.4 Å². The third-order valence-corrected chi connectivity index (χ3v) is 13.5. The number of ether oxygens (including phenoxy) is 3. The van der Waals surface area contributed by atoms with Gasteiger partial charge in [-0.2, -0.15) is 0 Å². The molecule has 0 rings (SSSR count). The molecule has 0 aliphatic rings. The Morgan fingerprint density at radius 2 is 0.743 bits per heavy atom. The molecule has 0 amide bonds. The van der Waals surface area contributed by atoms with Crippen molar-refractivity contribution in [3.63, 3.8) is 0 Å². The van der Waals surface area contributed by atoms with Crippen LogP contribution in [0.15, 0.2) is 36.5 Å². The van der Waals surface area contributed by atoms with Crippen molar-refractivity contribution in [2.45, 2.75) is 290 Å². The molecular weight excluding hydrogens is 904 g/mol. The summed E-state index contributed by atoms with van der Waals surface area (Å²) in [6.07, 6.45) is 54.0. The molecule has 70 heavy (non-hydrogen) atoms. The molecule has 3 unspecified atom stereocenters. The Morgan fingerprint density at radius 1 is 0.414 bits per heavy atom. The molecule has 12 heteroatoms. The van der Waals surface area contributed by atoms with Crippen LogP contribution >= 0.6 is 7.82 Å². The van der Waals surface area contributed by atoms with Gasteiger partial charge in [-0.15, -0.1) is 0 Å². The lowest BCUT2D eigenvalue weighted by molar-refractivity contribution is -0.161. The Kier molecular flexibility index (Phi) is 51.3. The average molecular weight is 1010 g/mol. The van der Waals surface area contributed by atoms with E-state index in [1.165, 1.54) is 141 Å². The number of carbonyl (C=O) groups excluding carboxylic acids is 3. The molecule has 0 aliphatic heterocycles. The summed E-state index contributed by atoms with van der Waals surface area (Å²) in [7, 11) is -4.74. The highest BCUT2D eigenvalue weighted by molar-refractivity contribution is 7.47. The van der Waals surface area contributed by atoms with Crippen LogP contribution in [-0.2, 0) is 42.2 Å². The third-order valence-electron chi connectivity index (χ3n) is 12.6. The van der Waals surface area contributed by atoms with Crippen LogP contribution in [-0.4, -0.2) is 66.5 Å². The Balaban J connectivity index is 4.69. The van der Waals surface area contributed by atoms with Gasteiger partial charge in [0.2, 0.25) is 0 Å². The standard InChI is InChI=1S/C58H107O11P/c1-4-7-10-13-16-19-22-24-25-26-27-28-29-31-34-37-40-43-46-49-58(62)69-55(51-65-56(60)47-44-41-38-35-33-30-23-20-17-14-11-8-5-2)53-67-70(63,64)66-52-54(50-59)68-57(61)48-45-42-39-36-32-21-18-15-12-9-6-3/h8,11,17,20,30,33,54-55,59H,4-7,9-10,12-16,18-19,21-29,31-32,34-53H2,1-3H3,(H,63,64)/b11-8-,20-17-,33-30-. The summed E-state index contributed by atoms with van der Waals surface area (Å²) < 4.78 is 39.5. The number of hydrogen-bond donors (Lipinski definition) is 2. The van der Waals surface area contributed by atoms with Crippen LogP contribution < -0.4 is 0 Å². The average Bonchev–Trinajstić information content (AvgIpc) is 3.35. The predicted molar refractivity (Wildman–Crippen MR) is 289 cm³/mol. The second kappa shape index (κ2) is 53.0. The van der Waals surface area contributed by atoms with Crippen molar-refractivity contribution >= 4 is 25.7 Å². The van der Waals surface area contributed by atoms with Crippen LogP contribution in [0.2, 0.25) is 0 Å².